The van der Waals surface area contributed by atoms with Crippen LogP contribution >= 0.6 is 0 Å². The number of aryl methyl sites for hydroxylation is 1. The predicted molar refractivity (Wildman–Crippen MR) is 81.2 cm³/mol. The maximum Gasteiger partial charge on any atom is 0.251 e. The van der Waals surface area contributed by atoms with Crippen molar-refractivity contribution in [2.75, 3.05) is 6.54 Å². The Morgan fingerprint density at radius 2 is 2.10 bits per heavy atom. The zero-order chi connectivity index (χ0) is 14.9. The van der Waals surface area contributed by atoms with Gasteiger partial charge in [0.25, 0.3) is 5.91 Å². The first-order valence-electron chi connectivity index (χ1n) is 7.77. The molecule has 0 saturated carbocycles. The lowest BCUT2D eigenvalue weighted by Crippen LogP contribution is -2.48. The lowest BCUT2D eigenvalue weighted by Gasteiger charge is -2.25. The van der Waals surface area contributed by atoms with Gasteiger partial charge in [0.1, 0.15) is 0 Å². The van der Waals surface area contributed by atoms with Gasteiger partial charge in [-0.05, 0) is 56.2 Å². The molecular weight excluding hydrogens is 264 g/mol. The fraction of sp³-hybridized carbons (Fsp3) is 0.529. The summed E-state index contributed by atoms with van der Waals surface area (Å²) in [6.45, 7) is 2.47. The number of fused-ring (bicyclic) bond motifs is 1. The lowest BCUT2D eigenvalue weighted by molar-refractivity contribution is -0.119. The molecule has 21 heavy (non-hydrogen) atoms. The summed E-state index contributed by atoms with van der Waals surface area (Å²) >= 11 is 0. The van der Waals surface area contributed by atoms with Gasteiger partial charge >= 0.3 is 0 Å². The van der Waals surface area contributed by atoms with Crippen LogP contribution in [0.3, 0.4) is 0 Å². The van der Waals surface area contributed by atoms with E-state index in [1.807, 2.05) is 19.1 Å². The summed E-state index contributed by atoms with van der Waals surface area (Å²) in [5.74, 6) is 0.0555. The quantitative estimate of drug-likeness (QED) is 0.892. The van der Waals surface area contributed by atoms with Crippen LogP contribution in [0.5, 0.6) is 0 Å². The molecule has 1 fully saturated rings. The zero-order valence-electron chi connectivity index (χ0n) is 12.5. The van der Waals surface area contributed by atoms with Gasteiger partial charge in [-0.15, -0.1) is 0 Å². The number of nitrogens with one attached hydrogen (secondary N) is 2. The van der Waals surface area contributed by atoms with Crippen molar-refractivity contribution in [3.05, 3.63) is 34.9 Å². The van der Waals surface area contributed by atoms with Crippen molar-refractivity contribution < 1.29 is 9.59 Å². The first kappa shape index (κ1) is 14.1. The van der Waals surface area contributed by atoms with Crippen molar-refractivity contribution in [3.8, 4) is 0 Å². The number of rotatable bonds is 3. The highest BCUT2D eigenvalue weighted by molar-refractivity contribution is 5.96. The molecule has 1 heterocycles. The molecular formula is C17H22N2O2. The first-order chi connectivity index (χ1) is 10.1. The normalized spacial score (nSPS) is 24.3. The third-order valence-corrected chi connectivity index (χ3v) is 4.62. The SMILES string of the molecule is CC1(CNC(=O)c2cccc3c2CCCC3)CCC(=O)N1. The molecule has 0 radical (unpaired) electrons. The van der Waals surface area contributed by atoms with Crippen molar-refractivity contribution in [3.63, 3.8) is 0 Å². The molecule has 1 aromatic carbocycles. The van der Waals surface area contributed by atoms with E-state index >= 15 is 0 Å². The van der Waals surface area contributed by atoms with E-state index in [1.165, 1.54) is 17.5 Å². The number of hydrogen-bond acceptors (Lipinski definition) is 2. The van der Waals surface area contributed by atoms with Gasteiger partial charge in [-0.1, -0.05) is 12.1 Å². The summed E-state index contributed by atoms with van der Waals surface area (Å²) in [5.41, 5.74) is 3.03. The van der Waals surface area contributed by atoms with Crippen LogP contribution in [0.2, 0.25) is 0 Å². The van der Waals surface area contributed by atoms with E-state index in [1.54, 1.807) is 0 Å². The fourth-order valence-corrected chi connectivity index (χ4v) is 3.35. The fourth-order valence-electron chi connectivity index (χ4n) is 3.35. The van der Waals surface area contributed by atoms with Gasteiger partial charge in [-0.25, -0.2) is 0 Å². The van der Waals surface area contributed by atoms with Crippen LogP contribution in [0.1, 0.15) is 54.1 Å². The molecule has 0 spiro atoms. The van der Waals surface area contributed by atoms with Gasteiger partial charge in [0.05, 0.1) is 5.54 Å². The second-order valence-electron chi connectivity index (χ2n) is 6.44. The summed E-state index contributed by atoms with van der Waals surface area (Å²) in [5, 5.41) is 5.94. The minimum absolute atomic E-state index is 0.0175. The third kappa shape index (κ3) is 2.94. The van der Waals surface area contributed by atoms with Crippen molar-refractivity contribution in [2.45, 2.75) is 51.0 Å². The van der Waals surface area contributed by atoms with E-state index in [0.29, 0.717) is 13.0 Å². The zero-order valence-corrected chi connectivity index (χ0v) is 12.5. The third-order valence-electron chi connectivity index (χ3n) is 4.62. The molecule has 1 unspecified atom stereocenters. The first-order valence-corrected chi connectivity index (χ1v) is 7.77. The number of benzene rings is 1. The number of carbonyl (C=O) groups is 2. The molecule has 2 amide bonds. The second-order valence-corrected chi connectivity index (χ2v) is 6.44. The van der Waals surface area contributed by atoms with E-state index in [4.69, 9.17) is 0 Å². The molecule has 1 aliphatic heterocycles. The molecule has 0 bridgehead atoms. The van der Waals surface area contributed by atoms with Crippen molar-refractivity contribution in [2.24, 2.45) is 0 Å². The Balaban J connectivity index is 1.70. The van der Waals surface area contributed by atoms with Crippen LogP contribution in [0.25, 0.3) is 0 Å². The Kier molecular flexibility index (Phi) is 3.70. The molecule has 112 valence electrons. The summed E-state index contributed by atoms with van der Waals surface area (Å²) in [7, 11) is 0. The van der Waals surface area contributed by atoms with Crippen LogP contribution in [0.4, 0.5) is 0 Å². The summed E-state index contributed by atoms with van der Waals surface area (Å²) in [6.07, 6.45) is 5.76. The number of carbonyl (C=O) groups excluding carboxylic acids is 2. The molecule has 3 rings (SSSR count). The van der Waals surface area contributed by atoms with Crippen LogP contribution in [0.15, 0.2) is 18.2 Å². The highest BCUT2D eigenvalue weighted by Crippen LogP contribution is 2.25. The van der Waals surface area contributed by atoms with Gasteiger partial charge in [0, 0.05) is 18.5 Å². The molecule has 1 aromatic rings. The van der Waals surface area contributed by atoms with Crippen LogP contribution in [-0.4, -0.2) is 23.9 Å². The van der Waals surface area contributed by atoms with Gasteiger partial charge in [0.2, 0.25) is 5.91 Å². The van der Waals surface area contributed by atoms with Gasteiger partial charge in [0.15, 0.2) is 0 Å². The van der Waals surface area contributed by atoms with Gasteiger partial charge < -0.3 is 10.6 Å². The van der Waals surface area contributed by atoms with Gasteiger partial charge in [-0.3, -0.25) is 9.59 Å². The maximum absolute atomic E-state index is 12.5. The van der Waals surface area contributed by atoms with E-state index < -0.39 is 0 Å². The largest absolute Gasteiger partial charge is 0.350 e. The maximum atomic E-state index is 12.5. The Bertz CT molecular complexity index is 582. The van der Waals surface area contributed by atoms with Crippen molar-refractivity contribution >= 4 is 11.8 Å². The number of hydrogen-bond donors (Lipinski definition) is 2. The molecule has 1 aliphatic carbocycles. The molecule has 2 aliphatic rings. The summed E-state index contributed by atoms with van der Waals surface area (Å²) in [6, 6.07) is 6.01. The molecule has 2 N–H and O–H groups in total. The molecule has 0 aromatic heterocycles. The van der Waals surface area contributed by atoms with E-state index in [-0.39, 0.29) is 17.4 Å². The monoisotopic (exact) mass is 286 g/mol. The molecule has 4 heteroatoms. The Morgan fingerprint density at radius 3 is 2.86 bits per heavy atom. The molecule has 4 nitrogen and oxygen atoms in total. The highest BCUT2D eigenvalue weighted by Gasteiger charge is 2.33. The Morgan fingerprint density at radius 1 is 1.29 bits per heavy atom. The number of amides is 2. The van der Waals surface area contributed by atoms with Crippen LogP contribution in [-0.2, 0) is 17.6 Å². The predicted octanol–water partition coefficient (Wildman–Crippen LogP) is 1.96. The van der Waals surface area contributed by atoms with E-state index in [2.05, 4.69) is 16.7 Å². The van der Waals surface area contributed by atoms with Gasteiger partial charge in [-0.2, -0.15) is 0 Å². The average molecular weight is 286 g/mol. The Hall–Kier alpha value is -1.84. The second kappa shape index (κ2) is 5.51. The van der Waals surface area contributed by atoms with Crippen molar-refractivity contribution in [1.29, 1.82) is 0 Å². The standard InChI is InChI=1S/C17H22N2O2/c1-17(10-9-15(20)19-17)11-18-16(21)14-8-4-6-12-5-2-3-7-13(12)14/h4,6,8H,2-3,5,7,9-11H2,1H3,(H,18,21)(H,19,20). The molecule has 1 saturated heterocycles. The van der Waals surface area contributed by atoms with Crippen LogP contribution < -0.4 is 10.6 Å². The highest BCUT2D eigenvalue weighted by atomic mass is 16.2. The smallest absolute Gasteiger partial charge is 0.251 e. The van der Waals surface area contributed by atoms with E-state index in [0.717, 1.165) is 31.2 Å². The topological polar surface area (TPSA) is 58.2 Å². The van der Waals surface area contributed by atoms with Crippen molar-refractivity contribution in [1.82, 2.24) is 10.6 Å². The molecule has 1 atom stereocenters. The summed E-state index contributed by atoms with van der Waals surface area (Å²) in [4.78, 5) is 23.8. The lowest BCUT2D eigenvalue weighted by atomic mass is 9.88. The average Bonchev–Trinajstić information content (AvgIpc) is 2.84. The summed E-state index contributed by atoms with van der Waals surface area (Å²) < 4.78 is 0. The minimum Gasteiger partial charge on any atom is -0.350 e. The van der Waals surface area contributed by atoms with E-state index in [9.17, 15) is 9.59 Å². The minimum atomic E-state index is -0.304. The van der Waals surface area contributed by atoms with Crippen LogP contribution in [0, 0.1) is 0 Å². The Labute approximate surface area is 125 Å².